The SMILES string of the molecule is COC(=O)C1CC1O. The van der Waals surface area contributed by atoms with Crippen LogP contribution in [0.1, 0.15) is 6.42 Å². The first-order valence-corrected chi connectivity index (χ1v) is 2.51. The third-order valence-corrected chi connectivity index (χ3v) is 1.26. The Kier molecular flexibility index (Phi) is 1.21. The minimum Gasteiger partial charge on any atom is -0.469 e. The van der Waals surface area contributed by atoms with Crippen LogP contribution in [0.15, 0.2) is 0 Å². The molecular formula is C5H8O3. The zero-order valence-corrected chi connectivity index (χ0v) is 4.63. The molecule has 3 nitrogen and oxygen atoms in total. The van der Waals surface area contributed by atoms with Crippen molar-refractivity contribution >= 4 is 5.97 Å². The molecule has 46 valence electrons. The second-order valence-electron chi connectivity index (χ2n) is 1.93. The van der Waals surface area contributed by atoms with Gasteiger partial charge in [0.2, 0.25) is 0 Å². The van der Waals surface area contributed by atoms with Crippen LogP contribution in [0.3, 0.4) is 0 Å². The molecule has 0 aromatic carbocycles. The number of hydrogen-bond donors (Lipinski definition) is 1. The van der Waals surface area contributed by atoms with Gasteiger partial charge in [-0.1, -0.05) is 0 Å². The van der Waals surface area contributed by atoms with Crippen molar-refractivity contribution in [3.8, 4) is 0 Å². The maximum absolute atomic E-state index is 10.4. The molecule has 0 aliphatic heterocycles. The van der Waals surface area contributed by atoms with Crippen molar-refractivity contribution < 1.29 is 14.6 Å². The van der Waals surface area contributed by atoms with E-state index in [0.717, 1.165) is 0 Å². The molecule has 0 radical (unpaired) electrons. The van der Waals surface area contributed by atoms with E-state index in [9.17, 15) is 4.79 Å². The van der Waals surface area contributed by atoms with Gasteiger partial charge >= 0.3 is 5.97 Å². The fourth-order valence-electron chi connectivity index (χ4n) is 0.586. The molecule has 2 unspecified atom stereocenters. The number of esters is 1. The number of ether oxygens (including phenoxy) is 1. The highest BCUT2D eigenvalue weighted by molar-refractivity contribution is 5.75. The van der Waals surface area contributed by atoms with Gasteiger partial charge in [0.05, 0.1) is 19.1 Å². The summed E-state index contributed by atoms with van der Waals surface area (Å²) < 4.78 is 4.35. The molecule has 0 spiro atoms. The van der Waals surface area contributed by atoms with E-state index >= 15 is 0 Å². The van der Waals surface area contributed by atoms with E-state index in [1.54, 1.807) is 0 Å². The van der Waals surface area contributed by atoms with E-state index in [1.165, 1.54) is 7.11 Å². The third kappa shape index (κ3) is 0.816. The zero-order valence-electron chi connectivity index (χ0n) is 4.63. The molecule has 0 heterocycles. The van der Waals surface area contributed by atoms with Gasteiger partial charge in [-0.25, -0.2) is 0 Å². The number of carbonyl (C=O) groups is 1. The largest absolute Gasteiger partial charge is 0.469 e. The summed E-state index contributed by atoms with van der Waals surface area (Å²) in [6, 6.07) is 0. The molecule has 0 aromatic heterocycles. The lowest BCUT2D eigenvalue weighted by Gasteiger charge is -1.91. The van der Waals surface area contributed by atoms with Crippen molar-refractivity contribution in [2.75, 3.05) is 7.11 Å². The second-order valence-corrected chi connectivity index (χ2v) is 1.93. The van der Waals surface area contributed by atoms with Crippen LogP contribution >= 0.6 is 0 Å². The fraction of sp³-hybridized carbons (Fsp3) is 0.800. The molecule has 1 aliphatic carbocycles. The average Bonchev–Trinajstić information content (AvgIpc) is 2.45. The Hall–Kier alpha value is -0.570. The van der Waals surface area contributed by atoms with Crippen LogP contribution in [0.5, 0.6) is 0 Å². The van der Waals surface area contributed by atoms with E-state index in [0.29, 0.717) is 6.42 Å². The summed E-state index contributed by atoms with van der Waals surface area (Å²) in [6.45, 7) is 0. The van der Waals surface area contributed by atoms with Gasteiger partial charge in [0.25, 0.3) is 0 Å². The Labute approximate surface area is 47.3 Å². The van der Waals surface area contributed by atoms with E-state index in [2.05, 4.69) is 4.74 Å². The van der Waals surface area contributed by atoms with Crippen LogP contribution in [0.4, 0.5) is 0 Å². The van der Waals surface area contributed by atoms with E-state index in [-0.39, 0.29) is 11.9 Å². The monoisotopic (exact) mass is 116 g/mol. The van der Waals surface area contributed by atoms with Crippen LogP contribution < -0.4 is 0 Å². The highest BCUT2D eigenvalue weighted by atomic mass is 16.5. The Balaban J connectivity index is 2.28. The molecule has 2 atom stereocenters. The molecule has 1 N–H and O–H groups in total. The topological polar surface area (TPSA) is 46.5 Å². The molecule has 0 bridgehead atoms. The molecular weight excluding hydrogens is 108 g/mol. The maximum Gasteiger partial charge on any atom is 0.311 e. The van der Waals surface area contributed by atoms with Crippen molar-refractivity contribution in [1.82, 2.24) is 0 Å². The van der Waals surface area contributed by atoms with Gasteiger partial charge in [-0.2, -0.15) is 0 Å². The van der Waals surface area contributed by atoms with E-state index < -0.39 is 6.10 Å². The summed E-state index contributed by atoms with van der Waals surface area (Å²) in [4.78, 5) is 10.4. The van der Waals surface area contributed by atoms with Crippen molar-refractivity contribution in [3.05, 3.63) is 0 Å². The van der Waals surface area contributed by atoms with Crippen molar-refractivity contribution in [2.24, 2.45) is 5.92 Å². The molecule has 0 aromatic rings. The molecule has 3 heteroatoms. The first-order chi connectivity index (χ1) is 3.75. The maximum atomic E-state index is 10.4. The molecule has 1 saturated carbocycles. The zero-order chi connectivity index (χ0) is 6.15. The minimum absolute atomic E-state index is 0.222. The van der Waals surface area contributed by atoms with Gasteiger partial charge in [0.15, 0.2) is 0 Å². The van der Waals surface area contributed by atoms with E-state index in [1.807, 2.05) is 0 Å². The van der Waals surface area contributed by atoms with Gasteiger partial charge in [-0.15, -0.1) is 0 Å². The van der Waals surface area contributed by atoms with Crippen LogP contribution in [0.25, 0.3) is 0 Å². The summed E-state index contributed by atoms with van der Waals surface area (Å²) in [7, 11) is 1.33. The van der Waals surface area contributed by atoms with Crippen molar-refractivity contribution in [2.45, 2.75) is 12.5 Å². The standard InChI is InChI=1S/C5H8O3/c1-8-5(7)3-2-4(3)6/h3-4,6H,2H2,1H3. The molecule has 1 rings (SSSR count). The first-order valence-electron chi connectivity index (χ1n) is 2.51. The number of rotatable bonds is 1. The average molecular weight is 116 g/mol. The van der Waals surface area contributed by atoms with Crippen LogP contribution in [-0.2, 0) is 9.53 Å². The van der Waals surface area contributed by atoms with Crippen molar-refractivity contribution in [1.29, 1.82) is 0 Å². The van der Waals surface area contributed by atoms with Crippen LogP contribution in [0, 0.1) is 5.92 Å². The number of hydrogen-bond acceptors (Lipinski definition) is 3. The molecule has 0 saturated heterocycles. The normalized spacial score (nSPS) is 34.2. The smallest absolute Gasteiger partial charge is 0.311 e. The molecule has 1 aliphatic rings. The minimum atomic E-state index is -0.428. The second kappa shape index (κ2) is 1.74. The Morgan fingerprint density at radius 1 is 1.88 bits per heavy atom. The molecule has 1 fully saturated rings. The van der Waals surface area contributed by atoms with Gasteiger partial charge < -0.3 is 9.84 Å². The predicted octanol–water partition coefficient (Wildman–Crippen LogP) is -0.460. The number of aliphatic hydroxyl groups excluding tert-OH is 1. The number of methoxy groups -OCH3 is 1. The highest BCUT2D eigenvalue weighted by Crippen LogP contribution is 2.30. The van der Waals surface area contributed by atoms with Crippen molar-refractivity contribution in [3.63, 3.8) is 0 Å². The highest BCUT2D eigenvalue weighted by Gasteiger charge is 2.42. The quantitative estimate of drug-likeness (QED) is 0.471. The summed E-state index contributed by atoms with van der Waals surface area (Å²) in [5.41, 5.74) is 0. The fourth-order valence-corrected chi connectivity index (χ4v) is 0.586. The van der Waals surface area contributed by atoms with Gasteiger partial charge in [-0.05, 0) is 6.42 Å². The third-order valence-electron chi connectivity index (χ3n) is 1.26. The lowest BCUT2D eigenvalue weighted by Crippen LogP contribution is -2.05. The van der Waals surface area contributed by atoms with Crippen LogP contribution in [0.2, 0.25) is 0 Å². The number of carbonyl (C=O) groups excluding carboxylic acids is 1. The Morgan fingerprint density at radius 3 is 2.50 bits per heavy atom. The first kappa shape index (κ1) is 5.56. The summed E-state index contributed by atoms with van der Waals surface area (Å²) in [6.07, 6.45) is 0.148. The molecule has 0 amide bonds. The van der Waals surface area contributed by atoms with Gasteiger partial charge in [0, 0.05) is 0 Å². The number of aliphatic hydroxyl groups is 1. The van der Waals surface area contributed by atoms with Crippen LogP contribution in [-0.4, -0.2) is 24.3 Å². The van der Waals surface area contributed by atoms with E-state index in [4.69, 9.17) is 5.11 Å². The summed E-state index contributed by atoms with van der Waals surface area (Å²) in [5.74, 6) is -0.516. The molecule has 8 heavy (non-hydrogen) atoms. The summed E-state index contributed by atoms with van der Waals surface area (Å²) in [5, 5.41) is 8.63. The lowest BCUT2D eigenvalue weighted by atomic mass is 10.4. The summed E-state index contributed by atoms with van der Waals surface area (Å²) >= 11 is 0. The van der Waals surface area contributed by atoms with Gasteiger partial charge in [0.1, 0.15) is 0 Å². The lowest BCUT2D eigenvalue weighted by molar-refractivity contribution is -0.142. The predicted molar refractivity (Wildman–Crippen MR) is 26.1 cm³/mol. The Bertz CT molecular complexity index is 110. The van der Waals surface area contributed by atoms with Gasteiger partial charge in [-0.3, -0.25) is 4.79 Å². The Morgan fingerprint density at radius 2 is 2.38 bits per heavy atom.